The van der Waals surface area contributed by atoms with Crippen molar-refractivity contribution < 1.29 is 23.6 Å². The second kappa shape index (κ2) is 6.68. The van der Waals surface area contributed by atoms with Crippen LogP contribution in [0.1, 0.15) is 12.5 Å². The highest BCUT2D eigenvalue weighted by Gasteiger charge is 2.62. The lowest BCUT2D eigenvalue weighted by atomic mass is 9.78. The standard InChI is InChI=1S/C16H20BrFN2O4/c1-4-20-16(11-7-10(17)5-6-13(11)18)9-23-14(12(16)8-24-20)15(21)19(2)22-3/h5-7,12,14H,4,8-9H2,1-3H3/t12-,14+,16-/m1/s1. The second-order valence-corrected chi connectivity index (χ2v) is 6.81. The first-order valence-corrected chi connectivity index (χ1v) is 8.54. The van der Waals surface area contributed by atoms with Crippen LogP contribution < -0.4 is 0 Å². The lowest BCUT2D eigenvalue weighted by Crippen LogP contribution is -2.48. The summed E-state index contributed by atoms with van der Waals surface area (Å²) >= 11 is 3.40. The van der Waals surface area contributed by atoms with Crippen LogP contribution in [0.4, 0.5) is 4.39 Å². The summed E-state index contributed by atoms with van der Waals surface area (Å²) in [6.45, 7) is 2.93. The van der Waals surface area contributed by atoms with E-state index in [0.717, 1.165) is 9.54 Å². The highest BCUT2D eigenvalue weighted by atomic mass is 79.9. The average molecular weight is 403 g/mol. The van der Waals surface area contributed by atoms with E-state index in [2.05, 4.69) is 15.9 Å². The number of carbonyl (C=O) groups is 1. The van der Waals surface area contributed by atoms with E-state index in [1.165, 1.54) is 20.2 Å². The van der Waals surface area contributed by atoms with Crippen LogP contribution in [-0.2, 0) is 24.7 Å². The Labute approximate surface area is 148 Å². The Morgan fingerprint density at radius 2 is 2.33 bits per heavy atom. The fourth-order valence-corrected chi connectivity index (χ4v) is 3.95. The van der Waals surface area contributed by atoms with Gasteiger partial charge in [-0.2, -0.15) is 5.06 Å². The Balaban J connectivity index is 2.05. The molecule has 6 nitrogen and oxygen atoms in total. The molecule has 2 saturated heterocycles. The Hall–Kier alpha value is -1.06. The summed E-state index contributed by atoms with van der Waals surface area (Å²) in [7, 11) is 2.94. The number of nitrogens with zero attached hydrogens (tertiary/aromatic N) is 2. The molecule has 0 aromatic heterocycles. The summed E-state index contributed by atoms with van der Waals surface area (Å²) in [4.78, 5) is 23.3. The Morgan fingerprint density at radius 1 is 1.58 bits per heavy atom. The molecule has 2 heterocycles. The number of ether oxygens (including phenoxy) is 1. The summed E-state index contributed by atoms with van der Waals surface area (Å²) in [5.41, 5.74) is -0.367. The van der Waals surface area contributed by atoms with E-state index < -0.39 is 11.6 Å². The van der Waals surface area contributed by atoms with Gasteiger partial charge in [-0.1, -0.05) is 22.9 Å². The molecule has 0 bridgehead atoms. The van der Waals surface area contributed by atoms with Gasteiger partial charge in [-0.15, -0.1) is 0 Å². The molecule has 0 radical (unpaired) electrons. The van der Waals surface area contributed by atoms with Crippen LogP contribution in [0.3, 0.4) is 0 Å². The third-order valence-electron chi connectivity index (χ3n) is 4.83. The second-order valence-electron chi connectivity index (χ2n) is 5.90. The van der Waals surface area contributed by atoms with Crippen molar-refractivity contribution in [2.75, 3.05) is 33.9 Å². The maximum atomic E-state index is 14.6. The van der Waals surface area contributed by atoms with Crippen molar-refractivity contribution in [3.8, 4) is 0 Å². The van der Waals surface area contributed by atoms with Gasteiger partial charge in [-0.3, -0.25) is 14.5 Å². The van der Waals surface area contributed by atoms with Crippen LogP contribution in [-0.4, -0.2) is 56.1 Å². The lowest BCUT2D eigenvalue weighted by Gasteiger charge is -2.35. The monoisotopic (exact) mass is 402 g/mol. The molecule has 1 aromatic carbocycles. The fourth-order valence-electron chi connectivity index (χ4n) is 3.59. The first-order valence-electron chi connectivity index (χ1n) is 7.75. The quantitative estimate of drug-likeness (QED) is 0.721. The van der Waals surface area contributed by atoms with E-state index in [-0.39, 0.29) is 30.9 Å². The van der Waals surface area contributed by atoms with Crippen molar-refractivity contribution in [1.29, 1.82) is 0 Å². The van der Waals surface area contributed by atoms with Gasteiger partial charge in [0.1, 0.15) is 17.5 Å². The third-order valence-corrected chi connectivity index (χ3v) is 5.32. The first-order chi connectivity index (χ1) is 11.5. The van der Waals surface area contributed by atoms with Crippen molar-refractivity contribution in [2.45, 2.75) is 18.6 Å². The minimum absolute atomic E-state index is 0.173. The Bertz CT molecular complexity index is 647. The Kier molecular flexibility index (Phi) is 4.94. The summed E-state index contributed by atoms with van der Waals surface area (Å²) < 4.78 is 21.2. The van der Waals surface area contributed by atoms with Gasteiger partial charge in [-0.25, -0.2) is 9.45 Å². The van der Waals surface area contributed by atoms with Gasteiger partial charge in [0.25, 0.3) is 5.91 Å². The Morgan fingerprint density at radius 3 is 3.00 bits per heavy atom. The maximum Gasteiger partial charge on any atom is 0.275 e. The van der Waals surface area contributed by atoms with Gasteiger partial charge in [0.05, 0.1) is 20.3 Å². The van der Waals surface area contributed by atoms with Crippen LogP contribution in [0.5, 0.6) is 0 Å². The summed E-state index contributed by atoms with van der Waals surface area (Å²) in [6.07, 6.45) is -0.745. The minimum Gasteiger partial charge on any atom is -0.365 e. The number of likely N-dealkylation sites (N-methyl/N-ethyl adjacent to an activating group) is 2. The van der Waals surface area contributed by atoms with Gasteiger partial charge >= 0.3 is 0 Å². The van der Waals surface area contributed by atoms with Crippen molar-refractivity contribution in [1.82, 2.24) is 10.1 Å². The molecule has 1 amide bonds. The van der Waals surface area contributed by atoms with E-state index in [0.29, 0.717) is 12.1 Å². The number of amides is 1. The number of hydrogen-bond donors (Lipinski definition) is 0. The molecular weight excluding hydrogens is 383 g/mol. The molecule has 8 heteroatoms. The zero-order chi connectivity index (χ0) is 17.5. The minimum atomic E-state index is -0.836. The zero-order valence-electron chi connectivity index (χ0n) is 13.8. The molecular formula is C16H20BrFN2O4. The molecule has 2 aliphatic rings. The fraction of sp³-hybridized carbons (Fsp3) is 0.562. The van der Waals surface area contributed by atoms with Gasteiger partial charge in [0.2, 0.25) is 0 Å². The van der Waals surface area contributed by atoms with E-state index in [4.69, 9.17) is 14.4 Å². The van der Waals surface area contributed by atoms with Crippen LogP contribution in [0.25, 0.3) is 0 Å². The molecule has 3 rings (SSSR count). The normalized spacial score (nSPS) is 29.7. The smallest absolute Gasteiger partial charge is 0.275 e. The molecule has 1 aromatic rings. The van der Waals surface area contributed by atoms with Crippen molar-refractivity contribution in [3.05, 3.63) is 34.1 Å². The lowest BCUT2D eigenvalue weighted by molar-refractivity contribution is -0.187. The number of benzene rings is 1. The van der Waals surface area contributed by atoms with Gasteiger partial charge in [0, 0.05) is 29.5 Å². The topological polar surface area (TPSA) is 51.2 Å². The average Bonchev–Trinajstić information content (AvgIpc) is 3.12. The number of halogens is 2. The number of fused-ring (bicyclic) bond motifs is 1. The zero-order valence-corrected chi connectivity index (χ0v) is 15.4. The largest absolute Gasteiger partial charge is 0.365 e. The molecule has 2 aliphatic heterocycles. The number of hydrogen-bond acceptors (Lipinski definition) is 5. The molecule has 0 aliphatic carbocycles. The predicted molar refractivity (Wildman–Crippen MR) is 87.1 cm³/mol. The maximum absolute atomic E-state index is 14.6. The van der Waals surface area contributed by atoms with E-state index in [1.54, 1.807) is 17.2 Å². The SMILES string of the molecule is CCN1OC[C@@H]2[C@@H](C(=O)N(C)OC)OC[C@@]21c1cc(Br)ccc1F. The molecule has 0 N–H and O–H groups in total. The van der Waals surface area contributed by atoms with E-state index in [9.17, 15) is 9.18 Å². The van der Waals surface area contributed by atoms with Crippen molar-refractivity contribution in [3.63, 3.8) is 0 Å². The van der Waals surface area contributed by atoms with Crippen LogP contribution >= 0.6 is 15.9 Å². The molecule has 0 unspecified atom stereocenters. The summed E-state index contributed by atoms with van der Waals surface area (Å²) in [6, 6.07) is 4.79. The van der Waals surface area contributed by atoms with Crippen LogP contribution in [0.15, 0.2) is 22.7 Å². The first kappa shape index (κ1) is 17.8. The molecule has 132 valence electrons. The third kappa shape index (κ3) is 2.57. The predicted octanol–water partition coefficient (Wildman–Crippen LogP) is 2.09. The molecule has 0 spiro atoms. The van der Waals surface area contributed by atoms with Crippen molar-refractivity contribution in [2.24, 2.45) is 5.92 Å². The van der Waals surface area contributed by atoms with Gasteiger partial charge in [-0.05, 0) is 18.2 Å². The molecule has 3 atom stereocenters. The number of rotatable bonds is 4. The van der Waals surface area contributed by atoms with E-state index >= 15 is 0 Å². The summed E-state index contributed by atoms with van der Waals surface area (Å²) in [5.74, 6) is -0.975. The van der Waals surface area contributed by atoms with Gasteiger partial charge in [0.15, 0.2) is 0 Å². The molecule has 2 fully saturated rings. The van der Waals surface area contributed by atoms with Crippen LogP contribution in [0, 0.1) is 11.7 Å². The highest BCUT2D eigenvalue weighted by Crippen LogP contribution is 2.50. The molecule has 0 saturated carbocycles. The molecule has 24 heavy (non-hydrogen) atoms. The number of hydroxylamine groups is 4. The highest BCUT2D eigenvalue weighted by molar-refractivity contribution is 9.10. The van der Waals surface area contributed by atoms with Gasteiger partial charge < -0.3 is 4.74 Å². The van der Waals surface area contributed by atoms with Crippen molar-refractivity contribution >= 4 is 21.8 Å². The van der Waals surface area contributed by atoms with E-state index in [1.807, 2.05) is 6.92 Å². The van der Waals surface area contributed by atoms with Crippen LogP contribution in [0.2, 0.25) is 0 Å². The summed E-state index contributed by atoms with van der Waals surface area (Å²) in [5, 5.41) is 2.86. The number of carbonyl (C=O) groups excluding carboxylic acids is 1.